The summed E-state index contributed by atoms with van der Waals surface area (Å²) in [5.41, 5.74) is 1.71. The lowest BCUT2D eigenvalue weighted by atomic mass is 9.94. The molecule has 1 aliphatic rings. The topological polar surface area (TPSA) is 80.2 Å². The molecule has 1 aliphatic heterocycles. The SMILES string of the molecule is Cc1cc(C(=O)N2CCC(c3nnsc3S(C)(=O)=O)CC2)sc1C. The Kier molecular flexibility index (Phi) is 4.76. The number of amides is 1. The third-order valence-electron chi connectivity index (χ3n) is 4.36. The van der Waals surface area contributed by atoms with Gasteiger partial charge in [-0.1, -0.05) is 4.49 Å². The molecule has 0 radical (unpaired) electrons. The van der Waals surface area contributed by atoms with Crippen LogP contribution in [0.15, 0.2) is 10.3 Å². The van der Waals surface area contributed by atoms with Gasteiger partial charge in [0, 0.05) is 41.7 Å². The van der Waals surface area contributed by atoms with Crippen LogP contribution in [-0.2, 0) is 9.84 Å². The maximum Gasteiger partial charge on any atom is 0.263 e. The summed E-state index contributed by atoms with van der Waals surface area (Å²) in [6, 6.07) is 1.94. The first-order chi connectivity index (χ1) is 11.3. The Morgan fingerprint density at radius 3 is 2.50 bits per heavy atom. The van der Waals surface area contributed by atoms with Gasteiger partial charge in [0.2, 0.25) is 0 Å². The van der Waals surface area contributed by atoms with Crippen molar-refractivity contribution in [2.75, 3.05) is 19.3 Å². The molecule has 9 heteroatoms. The van der Waals surface area contributed by atoms with E-state index >= 15 is 0 Å². The predicted octanol–water partition coefficient (Wildman–Crippen LogP) is 2.64. The smallest absolute Gasteiger partial charge is 0.263 e. The van der Waals surface area contributed by atoms with Gasteiger partial charge < -0.3 is 4.90 Å². The van der Waals surface area contributed by atoms with Crippen molar-refractivity contribution in [3.05, 3.63) is 27.1 Å². The summed E-state index contributed by atoms with van der Waals surface area (Å²) in [6.45, 7) is 5.25. The minimum absolute atomic E-state index is 0.0457. The van der Waals surface area contributed by atoms with E-state index in [1.165, 1.54) is 22.5 Å². The van der Waals surface area contributed by atoms with Gasteiger partial charge in [0.15, 0.2) is 14.0 Å². The summed E-state index contributed by atoms with van der Waals surface area (Å²) in [5, 5.41) is 4.04. The van der Waals surface area contributed by atoms with Crippen molar-refractivity contribution >= 4 is 38.6 Å². The fourth-order valence-corrected chi connectivity index (χ4v) is 5.62. The molecule has 6 nitrogen and oxygen atoms in total. The zero-order valence-electron chi connectivity index (χ0n) is 13.8. The second-order valence-corrected chi connectivity index (χ2v) is 10.4. The summed E-state index contributed by atoms with van der Waals surface area (Å²) in [5.74, 6) is 0.110. The molecule has 0 N–H and O–H groups in total. The molecule has 0 bridgehead atoms. The molecule has 24 heavy (non-hydrogen) atoms. The molecule has 1 fully saturated rings. The van der Waals surface area contributed by atoms with E-state index < -0.39 is 9.84 Å². The van der Waals surface area contributed by atoms with E-state index in [0.717, 1.165) is 22.0 Å². The van der Waals surface area contributed by atoms with E-state index in [1.807, 2.05) is 24.8 Å². The van der Waals surface area contributed by atoms with Crippen molar-refractivity contribution in [3.8, 4) is 0 Å². The van der Waals surface area contributed by atoms with Gasteiger partial charge in [-0.15, -0.1) is 16.4 Å². The Labute approximate surface area is 149 Å². The predicted molar refractivity (Wildman–Crippen MR) is 94.7 cm³/mol. The normalized spacial score (nSPS) is 16.5. The van der Waals surface area contributed by atoms with Crippen molar-refractivity contribution in [3.63, 3.8) is 0 Å². The molecule has 1 saturated heterocycles. The molecule has 2 aromatic rings. The summed E-state index contributed by atoms with van der Waals surface area (Å²) in [6.07, 6.45) is 2.61. The highest BCUT2D eigenvalue weighted by atomic mass is 32.2. The first-order valence-corrected chi connectivity index (χ1v) is 11.1. The summed E-state index contributed by atoms with van der Waals surface area (Å²) in [7, 11) is -3.30. The van der Waals surface area contributed by atoms with Crippen molar-refractivity contribution in [1.29, 1.82) is 0 Å². The van der Waals surface area contributed by atoms with Crippen LogP contribution in [0.1, 0.15) is 44.6 Å². The lowest BCUT2D eigenvalue weighted by Crippen LogP contribution is -2.37. The number of thiophene rings is 1. The Morgan fingerprint density at radius 2 is 1.96 bits per heavy atom. The molecule has 2 aromatic heterocycles. The first kappa shape index (κ1) is 17.5. The number of sulfone groups is 1. The van der Waals surface area contributed by atoms with E-state index in [2.05, 4.69) is 9.59 Å². The van der Waals surface area contributed by atoms with E-state index in [1.54, 1.807) is 0 Å². The maximum absolute atomic E-state index is 12.6. The fourth-order valence-electron chi connectivity index (χ4n) is 2.89. The number of nitrogens with zero attached hydrogens (tertiary/aromatic N) is 3. The number of carbonyl (C=O) groups is 1. The Hall–Kier alpha value is -1.32. The Morgan fingerprint density at radius 1 is 1.29 bits per heavy atom. The molecule has 0 aliphatic carbocycles. The third-order valence-corrected chi connectivity index (χ3v) is 8.06. The van der Waals surface area contributed by atoms with Crippen molar-refractivity contribution in [2.45, 2.75) is 36.8 Å². The van der Waals surface area contributed by atoms with E-state index in [-0.39, 0.29) is 16.0 Å². The summed E-state index contributed by atoms with van der Waals surface area (Å²) >= 11 is 2.46. The third kappa shape index (κ3) is 3.38. The minimum atomic E-state index is -3.30. The molecule has 0 atom stereocenters. The van der Waals surface area contributed by atoms with Crippen LogP contribution in [0.5, 0.6) is 0 Å². The number of hydrogen-bond acceptors (Lipinski definition) is 7. The molecule has 130 valence electrons. The van der Waals surface area contributed by atoms with E-state index in [0.29, 0.717) is 31.6 Å². The number of carbonyl (C=O) groups excluding carboxylic acids is 1. The number of piperidine rings is 1. The summed E-state index contributed by atoms with van der Waals surface area (Å²) < 4.78 is 27.7. The van der Waals surface area contributed by atoms with Crippen LogP contribution < -0.4 is 0 Å². The van der Waals surface area contributed by atoms with Gasteiger partial charge in [-0.3, -0.25) is 4.79 Å². The monoisotopic (exact) mass is 385 g/mol. The van der Waals surface area contributed by atoms with Crippen LogP contribution in [0.2, 0.25) is 0 Å². The molecule has 3 heterocycles. The lowest BCUT2D eigenvalue weighted by molar-refractivity contribution is 0.0716. The van der Waals surface area contributed by atoms with Crippen LogP contribution in [0.25, 0.3) is 0 Å². The highest BCUT2D eigenvalue weighted by molar-refractivity contribution is 7.92. The van der Waals surface area contributed by atoms with Crippen LogP contribution in [-0.4, -0.2) is 48.2 Å². The zero-order chi connectivity index (χ0) is 17.5. The van der Waals surface area contributed by atoms with E-state index in [9.17, 15) is 13.2 Å². The van der Waals surface area contributed by atoms with Gasteiger partial charge in [0.1, 0.15) is 0 Å². The van der Waals surface area contributed by atoms with E-state index in [4.69, 9.17) is 0 Å². The van der Waals surface area contributed by atoms with Crippen LogP contribution >= 0.6 is 22.9 Å². The van der Waals surface area contributed by atoms with Crippen molar-refractivity contribution in [1.82, 2.24) is 14.5 Å². The molecule has 0 unspecified atom stereocenters. The second-order valence-electron chi connectivity index (χ2n) is 6.13. The van der Waals surface area contributed by atoms with Gasteiger partial charge in [-0.05, 0) is 38.3 Å². The standard InChI is InChI=1S/C15H19N3O3S3/c1-9-8-12(22-10(9)2)14(19)18-6-4-11(5-7-18)13-15(23-17-16-13)24(3,20)21/h8,11H,4-7H2,1-3H3. The molecule has 0 aromatic carbocycles. The number of likely N-dealkylation sites (tertiary alicyclic amines) is 1. The van der Waals surface area contributed by atoms with Gasteiger partial charge in [-0.25, -0.2) is 8.42 Å². The fraction of sp³-hybridized carbons (Fsp3) is 0.533. The molecule has 1 amide bonds. The van der Waals surface area contributed by atoms with Gasteiger partial charge >= 0.3 is 0 Å². The molecule has 0 saturated carbocycles. The zero-order valence-corrected chi connectivity index (χ0v) is 16.2. The highest BCUT2D eigenvalue weighted by Gasteiger charge is 2.30. The molecular weight excluding hydrogens is 366 g/mol. The largest absolute Gasteiger partial charge is 0.338 e. The Balaban J connectivity index is 1.70. The van der Waals surface area contributed by atoms with Crippen molar-refractivity contribution < 1.29 is 13.2 Å². The van der Waals surface area contributed by atoms with Gasteiger partial charge in [0.25, 0.3) is 5.91 Å². The van der Waals surface area contributed by atoms with Gasteiger partial charge in [-0.2, -0.15) is 0 Å². The highest BCUT2D eigenvalue weighted by Crippen LogP contribution is 2.33. The minimum Gasteiger partial charge on any atom is -0.338 e. The van der Waals surface area contributed by atoms with Crippen LogP contribution in [0.4, 0.5) is 0 Å². The number of rotatable bonds is 3. The molecular formula is C15H19N3O3S3. The lowest BCUT2D eigenvalue weighted by Gasteiger charge is -2.31. The maximum atomic E-state index is 12.6. The molecule has 0 spiro atoms. The number of hydrogen-bond donors (Lipinski definition) is 0. The average Bonchev–Trinajstić information content (AvgIpc) is 3.14. The average molecular weight is 386 g/mol. The number of aryl methyl sites for hydroxylation is 2. The number of aromatic nitrogens is 2. The van der Waals surface area contributed by atoms with Crippen LogP contribution in [0, 0.1) is 13.8 Å². The molecule has 3 rings (SSSR count). The second kappa shape index (κ2) is 6.53. The first-order valence-electron chi connectivity index (χ1n) is 7.66. The van der Waals surface area contributed by atoms with Crippen molar-refractivity contribution in [2.24, 2.45) is 0 Å². The quantitative estimate of drug-likeness (QED) is 0.811. The summed E-state index contributed by atoms with van der Waals surface area (Å²) in [4.78, 5) is 16.4. The van der Waals surface area contributed by atoms with Gasteiger partial charge in [0.05, 0.1) is 10.6 Å². The Bertz CT molecular complexity index is 842. The van der Waals surface area contributed by atoms with Crippen LogP contribution in [0.3, 0.4) is 0 Å².